The number of nitrogens with zero attached hydrogens (tertiary/aromatic N) is 2. The SMILES string of the molecule is CN1CCNC(=O)C1CC(=O)NCC1(c2ccccc2)CCN(Cc2ccccc2)CC1. The van der Waals surface area contributed by atoms with Crippen LogP contribution < -0.4 is 10.6 Å². The minimum atomic E-state index is -0.385. The Hall–Kier alpha value is -2.70. The van der Waals surface area contributed by atoms with Gasteiger partial charge in [-0.2, -0.15) is 0 Å². The molecule has 0 spiro atoms. The lowest BCUT2D eigenvalue weighted by Crippen LogP contribution is -2.55. The first-order chi connectivity index (χ1) is 15.6. The first-order valence-electron chi connectivity index (χ1n) is 11.6. The summed E-state index contributed by atoms with van der Waals surface area (Å²) >= 11 is 0. The molecule has 0 radical (unpaired) electrons. The Bertz CT molecular complexity index is 895. The maximum atomic E-state index is 12.8. The normalized spacial score (nSPS) is 21.7. The van der Waals surface area contributed by atoms with Gasteiger partial charge in [0.2, 0.25) is 11.8 Å². The molecule has 0 bridgehead atoms. The number of likely N-dealkylation sites (N-methyl/N-ethyl adjacent to an activating group) is 1. The minimum Gasteiger partial charge on any atom is -0.355 e. The fourth-order valence-electron chi connectivity index (χ4n) is 4.93. The van der Waals surface area contributed by atoms with Crippen LogP contribution in [0.5, 0.6) is 0 Å². The van der Waals surface area contributed by atoms with Crippen LogP contribution in [-0.4, -0.2) is 67.4 Å². The number of hydrogen-bond donors (Lipinski definition) is 2. The Kier molecular flexibility index (Phi) is 7.22. The molecule has 0 aliphatic carbocycles. The maximum absolute atomic E-state index is 12.8. The van der Waals surface area contributed by atoms with E-state index in [4.69, 9.17) is 0 Å². The molecule has 170 valence electrons. The summed E-state index contributed by atoms with van der Waals surface area (Å²) in [5, 5.41) is 6.05. The van der Waals surface area contributed by atoms with E-state index in [1.165, 1.54) is 11.1 Å². The van der Waals surface area contributed by atoms with Gasteiger partial charge in [-0.15, -0.1) is 0 Å². The highest BCUT2D eigenvalue weighted by Gasteiger charge is 2.37. The predicted octanol–water partition coefficient (Wildman–Crippen LogP) is 2.16. The number of benzene rings is 2. The molecule has 2 heterocycles. The summed E-state index contributed by atoms with van der Waals surface area (Å²) in [6.45, 7) is 4.97. The van der Waals surface area contributed by atoms with E-state index in [1.54, 1.807) is 0 Å². The van der Waals surface area contributed by atoms with Crippen LogP contribution in [0, 0.1) is 0 Å². The molecule has 2 aromatic rings. The van der Waals surface area contributed by atoms with Crippen molar-refractivity contribution >= 4 is 11.8 Å². The van der Waals surface area contributed by atoms with Crippen LogP contribution in [0.1, 0.15) is 30.4 Å². The van der Waals surface area contributed by atoms with Gasteiger partial charge in [0.05, 0.1) is 12.5 Å². The summed E-state index contributed by atoms with van der Waals surface area (Å²) in [5.41, 5.74) is 2.54. The van der Waals surface area contributed by atoms with E-state index in [9.17, 15) is 9.59 Å². The largest absolute Gasteiger partial charge is 0.355 e. The van der Waals surface area contributed by atoms with Gasteiger partial charge in [0, 0.05) is 31.6 Å². The van der Waals surface area contributed by atoms with Crippen LogP contribution >= 0.6 is 0 Å². The molecule has 4 rings (SSSR count). The summed E-state index contributed by atoms with van der Waals surface area (Å²) in [6, 6.07) is 20.8. The molecular weight excluding hydrogens is 400 g/mol. The van der Waals surface area contributed by atoms with E-state index < -0.39 is 0 Å². The molecule has 1 unspecified atom stereocenters. The quantitative estimate of drug-likeness (QED) is 0.701. The number of piperidine rings is 1. The number of hydrogen-bond acceptors (Lipinski definition) is 4. The zero-order valence-electron chi connectivity index (χ0n) is 18.9. The fourth-order valence-corrected chi connectivity index (χ4v) is 4.93. The van der Waals surface area contributed by atoms with Gasteiger partial charge in [-0.3, -0.25) is 19.4 Å². The van der Waals surface area contributed by atoms with Crippen molar-refractivity contribution in [1.82, 2.24) is 20.4 Å². The Balaban J connectivity index is 1.39. The van der Waals surface area contributed by atoms with Crippen molar-refractivity contribution in [3.05, 3.63) is 71.8 Å². The first kappa shape index (κ1) is 22.5. The van der Waals surface area contributed by atoms with Crippen molar-refractivity contribution in [2.75, 3.05) is 39.8 Å². The van der Waals surface area contributed by atoms with Gasteiger partial charge in [0.15, 0.2) is 0 Å². The number of carbonyl (C=O) groups is 2. The number of rotatable bonds is 7. The van der Waals surface area contributed by atoms with E-state index in [0.717, 1.165) is 39.0 Å². The summed E-state index contributed by atoms with van der Waals surface area (Å²) < 4.78 is 0. The van der Waals surface area contributed by atoms with Crippen LogP contribution in [-0.2, 0) is 21.5 Å². The third kappa shape index (κ3) is 5.37. The molecule has 2 amide bonds. The van der Waals surface area contributed by atoms with Crippen molar-refractivity contribution in [2.45, 2.75) is 37.3 Å². The second-order valence-corrected chi connectivity index (χ2v) is 9.18. The Labute approximate surface area is 191 Å². The van der Waals surface area contributed by atoms with Crippen LogP contribution in [0.15, 0.2) is 60.7 Å². The highest BCUT2D eigenvalue weighted by atomic mass is 16.2. The van der Waals surface area contributed by atoms with Crippen molar-refractivity contribution in [1.29, 1.82) is 0 Å². The van der Waals surface area contributed by atoms with Gasteiger partial charge in [-0.1, -0.05) is 60.7 Å². The topological polar surface area (TPSA) is 64.7 Å². The molecule has 2 N–H and O–H groups in total. The molecular formula is C26H34N4O2. The van der Waals surface area contributed by atoms with Gasteiger partial charge in [-0.25, -0.2) is 0 Å². The molecule has 2 fully saturated rings. The molecule has 1 atom stereocenters. The van der Waals surface area contributed by atoms with E-state index in [-0.39, 0.29) is 29.7 Å². The number of nitrogens with one attached hydrogen (secondary N) is 2. The van der Waals surface area contributed by atoms with E-state index in [0.29, 0.717) is 13.1 Å². The van der Waals surface area contributed by atoms with E-state index >= 15 is 0 Å². The third-order valence-corrected chi connectivity index (χ3v) is 7.05. The van der Waals surface area contributed by atoms with Crippen molar-refractivity contribution in [3.63, 3.8) is 0 Å². The third-order valence-electron chi connectivity index (χ3n) is 7.05. The average Bonchev–Trinajstić information content (AvgIpc) is 2.82. The summed E-state index contributed by atoms with van der Waals surface area (Å²) in [4.78, 5) is 29.4. The van der Waals surface area contributed by atoms with Gasteiger partial charge >= 0.3 is 0 Å². The number of amides is 2. The molecule has 2 aromatic carbocycles. The molecule has 32 heavy (non-hydrogen) atoms. The number of carbonyl (C=O) groups excluding carboxylic acids is 2. The molecule has 0 saturated carbocycles. The summed E-state index contributed by atoms with van der Waals surface area (Å²) in [6.07, 6.45) is 2.19. The van der Waals surface area contributed by atoms with E-state index in [2.05, 4.69) is 70.1 Å². The number of piperazine rings is 1. The highest BCUT2D eigenvalue weighted by molar-refractivity contribution is 5.88. The van der Waals surface area contributed by atoms with Gasteiger partial charge in [0.25, 0.3) is 0 Å². The molecule has 6 nitrogen and oxygen atoms in total. The molecule has 2 aliphatic rings. The maximum Gasteiger partial charge on any atom is 0.237 e. The molecule has 6 heteroatoms. The van der Waals surface area contributed by atoms with Gasteiger partial charge in [-0.05, 0) is 44.1 Å². The monoisotopic (exact) mass is 434 g/mol. The zero-order valence-corrected chi connectivity index (χ0v) is 18.9. The smallest absolute Gasteiger partial charge is 0.237 e. The van der Waals surface area contributed by atoms with Crippen LogP contribution in [0.25, 0.3) is 0 Å². The number of likely N-dealkylation sites (tertiary alicyclic amines) is 1. The molecule has 2 aliphatic heterocycles. The summed E-state index contributed by atoms with van der Waals surface area (Å²) in [7, 11) is 1.91. The fraction of sp³-hybridized carbons (Fsp3) is 0.462. The van der Waals surface area contributed by atoms with Crippen LogP contribution in [0.4, 0.5) is 0 Å². The second-order valence-electron chi connectivity index (χ2n) is 9.18. The van der Waals surface area contributed by atoms with Crippen LogP contribution in [0.3, 0.4) is 0 Å². The van der Waals surface area contributed by atoms with E-state index in [1.807, 2.05) is 18.0 Å². The predicted molar refractivity (Wildman–Crippen MR) is 126 cm³/mol. The minimum absolute atomic E-state index is 0.0547. The summed E-state index contributed by atoms with van der Waals surface area (Å²) in [5.74, 6) is -0.109. The lowest BCUT2D eigenvalue weighted by atomic mass is 9.72. The second kappa shape index (κ2) is 10.3. The highest BCUT2D eigenvalue weighted by Crippen LogP contribution is 2.35. The van der Waals surface area contributed by atoms with Crippen LogP contribution in [0.2, 0.25) is 0 Å². The Morgan fingerprint density at radius 1 is 1.03 bits per heavy atom. The Morgan fingerprint density at radius 2 is 1.69 bits per heavy atom. The first-order valence-corrected chi connectivity index (χ1v) is 11.6. The molecule has 0 aromatic heterocycles. The zero-order chi connectivity index (χ0) is 22.4. The van der Waals surface area contributed by atoms with Crippen molar-refractivity contribution in [2.24, 2.45) is 0 Å². The van der Waals surface area contributed by atoms with Crippen molar-refractivity contribution in [3.8, 4) is 0 Å². The Morgan fingerprint density at radius 3 is 2.34 bits per heavy atom. The standard InChI is InChI=1S/C26H34N4O2/c1-29-17-14-27-25(32)23(29)18-24(31)28-20-26(22-10-6-3-7-11-22)12-15-30(16-13-26)19-21-8-4-2-5-9-21/h2-11,23H,12-20H2,1H3,(H,27,32)(H,28,31). The van der Waals surface area contributed by atoms with Gasteiger partial charge < -0.3 is 10.6 Å². The molecule has 2 saturated heterocycles. The van der Waals surface area contributed by atoms with Crippen molar-refractivity contribution < 1.29 is 9.59 Å². The average molecular weight is 435 g/mol. The lowest BCUT2D eigenvalue weighted by molar-refractivity contribution is -0.133. The van der Waals surface area contributed by atoms with Gasteiger partial charge in [0.1, 0.15) is 0 Å². The lowest BCUT2D eigenvalue weighted by Gasteiger charge is -2.42.